The van der Waals surface area contributed by atoms with E-state index in [0.29, 0.717) is 11.4 Å². The van der Waals surface area contributed by atoms with Crippen LogP contribution in [0, 0.1) is 0 Å². The fraction of sp³-hybridized carbons (Fsp3) is 0.500. The first-order chi connectivity index (χ1) is 6.75. The summed E-state index contributed by atoms with van der Waals surface area (Å²) in [5.41, 5.74) is 1.38. The van der Waals surface area contributed by atoms with Gasteiger partial charge in [0.1, 0.15) is 0 Å². The Labute approximate surface area is 90.7 Å². The predicted octanol–water partition coefficient (Wildman–Crippen LogP) is 2.89. The third-order valence-corrected chi connectivity index (χ3v) is 3.20. The summed E-state index contributed by atoms with van der Waals surface area (Å²) in [5, 5.41) is 0.341. The van der Waals surface area contributed by atoms with E-state index in [2.05, 4.69) is 42.2 Å². The lowest BCUT2D eigenvalue weighted by Crippen LogP contribution is -2.26. The Kier molecular flexibility index (Phi) is 3.09. The summed E-state index contributed by atoms with van der Waals surface area (Å²) in [7, 11) is 0. The van der Waals surface area contributed by atoms with Crippen molar-refractivity contribution in [3.63, 3.8) is 0 Å². The number of alkyl halides is 1. The van der Waals surface area contributed by atoms with E-state index in [-0.39, 0.29) is 0 Å². The molecule has 2 rings (SSSR count). The van der Waals surface area contributed by atoms with Gasteiger partial charge in [0.05, 0.1) is 0 Å². The average molecular weight is 210 g/mol. The van der Waals surface area contributed by atoms with E-state index in [9.17, 15) is 0 Å². The molecule has 0 bridgehead atoms. The van der Waals surface area contributed by atoms with Crippen LogP contribution in [0.15, 0.2) is 30.3 Å². The van der Waals surface area contributed by atoms with Crippen LogP contribution in [-0.4, -0.2) is 22.9 Å². The van der Waals surface area contributed by atoms with Crippen LogP contribution in [-0.2, 0) is 6.54 Å². The van der Waals surface area contributed by atoms with Crippen molar-refractivity contribution in [1.29, 1.82) is 0 Å². The molecule has 1 saturated heterocycles. The van der Waals surface area contributed by atoms with E-state index >= 15 is 0 Å². The van der Waals surface area contributed by atoms with Crippen LogP contribution in [0.1, 0.15) is 18.9 Å². The lowest BCUT2D eigenvalue weighted by molar-refractivity contribution is 0.260. The van der Waals surface area contributed by atoms with Crippen LogP contribution >= 0.6 is 11.6 Å². The Morgan fingerprint density at radius 1 is 1.36 bits per heavy atom. The first kappa shape index (κ1) is 10.0. The topological polar surface area (TPSA) is 3.24 Å². The van der Waals surface area contributed by atoms with Crippen molar-refractivity contribution in [2.45, 2.75) is 31.3 Å². The van der Waals surface area contributed by atoms with Gasteiger partial charge in [0, 0.05) is 24.5 Å². The van der Waals surface area contributed by atoms with Crippen LogP contribution in [0.5, 0.6) is 0 Å². The SMILES string of the molecule is C[C@@H]1C[C@H](Cl)CN1Cc1ccccc1. The summed E-state index contributed by atoms with van der Waals surface area (Å²) in [6.07, 6.45) is 1.12. The summed E-state index contributed by atoms with van der Waals surface area (Å²) in [6.45, 7) is 4.31. The van der Waals surface area contributed by atoms with Gasteiger partial charge < -0.3 is 0 Å². The van der Waals surface area contributed by atoms with Crippen molar-refractivity contribution >= 4 is 11.6 Å². The molecule has 0 aromatic heterocycles. The molecule has 1 aliphatic rings. The molecule has 1 heterocycles. The van der Waals surface area contributed by atoms with Crippen LogP contribution in [0.4, 0.5) is 0 Å². The van der Waals surface area contributed by atoms with Crippen molar-refractivity contribution in [3.05, 3.63) is 35.9 Å². The average Bonchev–Trinajstić information content (AvgIpc) is 2.47. The van der Waals surface area contributed by atoms with Gasteiger partial charge in [-0.1, -0.05) is 30.3 Å². The summed E-state index contributed by atoms with van der Waals surface area (Å²) < 4.78 is 0. The molecule has 0 unspecified atom stereocenters. The molecule has 0 aliphatic carbocycles. The Morgan fingerprint density at radius 3 is 2.64 bits per heavy atom. The van der Waals surface area contributed by atoms with E-state index in [4.69, 9.17) is 11.6 Å². The molecule has 0 spiro atoms. The fourth-order valence-electron chi connectivity index (χ4n) is 2.07. The van der Waals surface area contributed by atoms with Gasteiger partial charge in [0.2, 0.25) is 0 Å². The maximum Gasteiger partial charge on any atom is 0.0478 e. The summed E-state index contributed by atoms with van der Waals surface area (Å²) in [5.74, 6) is 0. The molecular weight excluding hydrogens is 194 g/mol. The van der Waals surface area contributed by atoms with Crippen molar-refractivity contribution in [1.82, 2.24) is 4.90 Å². The van der Waals surface area contributed by atoms with Crippen LogP contribution < -0.4 is 0 Å². The van der Waals surface area contributed by atoms with Gasteiger partial charge in [0.15, 0.2) is 0 Å². The second-order valence-corrected chi connectivity index (χ2v) is 4.71. The highest BCUT2D eigenvalue weighted by Gasteiger charge is 2.26. The number of halogens is 1. The minimum atomic E-state index is 0.341. The van der Waals surface area contributed by atoms with Gasteiger partial charge in [0.25, 0.3) is 0 Å². The molecule has 1 nitrogen and oxygen atoms in total. The molecule has 1 aromatic rings. The number of rotatable bonds is 2. The summed E-state index contributed by atoms with van der Waals surface area (Å²) in [4.78, 5) is 2.45. The van der Waals surface area contributed by atoms with Crippen LogP contribution in [0.3, 0.4) is 0 Å². The minimum Gasteiger partial charge on any atom is -0.295 e. The summed E-state index contributed by atoms with van der Waals surface area (Å²) >= 11 is 6.13. The van der Waals surface area contributed by atoms with Crippen LogP contribution in [0.25, 0.3) is 0 Å². The molecule has 1 fully saturated rings. The molecule has 0 saturated carbocycles. The first-order valence-corrected chi connectivity index (χ1v) is 5.61. The molecule has 2 atom stereocenters. The first-order valence-electron chi connectivity index (χ1n) is 5.18. The minimum absolute atomic E-state index is 0.341. The van der Waals surface area contributed by atoms with Crippen molar-refractivity contribution in [2.75, 3.05) is 6.54 Å². The Morgan fingerprint density at radius 2 is 2.07 bits per heavy atom. The zero-order valence-electron chi connectivity index (χ0n) is 8.49. The maximum absolute atomic E-state index is 6.13. The van der Waals surface area contributed by atoms with Crippen molar-refractivity contribution < 1.29 is 0 Å². The number of hydrogen-bond acceptors (Lipinski definition) is 1. The quantitative estimate of drug-likeness (QED) is 0.678. The standard InChI is InChI=1S/C12H16ClN/c1-10-7-12(13)9-14(10)8-11-5-3-2-4-6-11/h2-6,10,12H,7-9H2,1H3/t10-,12+/m1/s1. The monoisotopic (exact) mass is 209 g/mol. The lowest BCUT2D eigenvalue weighted by Gasteiger charge is -2.20. The number of likely N-dealkylation sites (tertiary alicyclic amines) is 1. The zero-order chi connectivity index (χ0) is 9.97. The Bertz CT molecular complexity index is 286. The van der Waals surface area contributed by atoms with Crippen molar-refractivity contribution in [3.8, 4) is 0 Å². The molecule has 1 aromatic carbocycles. The predicted molar refractivity (Wildman–Crippen MR) is 60.6 cm³/mol. The molecule has 2 heteroatoms. The summed E-state index contributed by atoms with van der Waals surface area (Å²) in [6, 6.07) is 11.2. The zero-order valence-corrected chi connectivity index (χ0v) is 9.24. The van der Waals surface area contributed by atoms with E-state index in [1.165, 1.54) is 5.56 Å². The van der Waals surface area contributed by atoms with Gasteiger partial charge in [-0.3, -0.25) is 4.90 Å². The molecule has 1 aliphatic heterocycles. The van der Waals surface area contributed by atoms with E-state index in [1.807, 2.05) is 0 Å². The van der Waals surface area contributed by atoms with Gasteiger partial charge >= 0.3 is 0 Å². The number of benzene rings is 1. The largest absolute Gasteiger partial charge is 0.295 e. The highest BCUT2D eigenvalue weighted by Crippen LogP contribution is 2.23. The molecule has 0 radical (unpaired) electrons. The Balaban J connectivity index is 1.98. The van der Waals surface area contributed by atoms with Gasteiger partial charge in [-0.05, 0) is 18.9 Å². The molecule has 0 amide bonds. The molecule has 14 heavy (non-hydrogen) atoms. The highest BCUT2D eigenvalue weighted by molar-refractivity contribution is 6.21. The van der Waals surface area contributed by atoms with Crippen molar-refractivity contribution in [2.24, 2.45) is 0 Å². The van der Waals surface area contributed by atoms with Crippen LogP contribution in [0.2, 0.25) is 0 Å². The van der Waals surface area contributed by atoms with Gasteiger partial charge in [-0.15, -0.1) is 11.6 Å². The maximum atomic E-state index is 6.13. The lowest BCUT2D eigenvalue weighted by atomic mass is 10.2. The molecule has 0 N–H and O–H groups in total. The third kappa shape index (κ3) is 2.28. The number of hydrogen-bond donors (Lipinski definition) is 0. The Hall–Kier alpha value is -0.530. The van der Waals surface area contributed by atoms with E-state index in [0.717, 1.165) is 19.5 Å². The van der Waals surface area contributed by atoms with Gasteiger partial charge in [-0.25, -0.2) is 0 Å². The second-order valence-electron chi connectivity index (χ2n) is 4.10. The van der Waals surface area contributed by atoms with E-state index < -0.39 is 0 Å². The highest BCUT2D eigenvalue weighted by atomic mass is 35.5. The molecular formula is C12H16ClN. The normalized spacial score (nSPS) is 28.1. The fourth-order valence-corrected chi connectivity index (χ4v) is 2.50. The van der Waals surface area contributed by atoms with Gasteiger partial charge in [-0.2, -0.15) is 0 Å². The van der Waals surface area contributed by atoms with E-state index in [1.54, 1.807) is 0 Å². The third-order valence-electron chi connectivity index (χ3n) is 2.88. The molecule has 76 valence electrons. The second kappa shape index (κ2) is 4.33. The number of nitrogens with zero attached hydrogens (tertiary/aromatic N) is 1. The smallest absolute Gasteiger partial charge is 0.0478 e.